The number of hydrogen-bond donors (Lipinski definition) is 2. The molecule has 110 valence electrons. The van der Waals surface area contributed by atoms with E-state index in [-0.39, 0.29) is 5.57 Å². The Morgan fingerprint density at radius 3 is 2.82 bits per heavy atom. The summed E-state index contributed by atoms with van der Waals surface area (Å²) in [5.74, 6) is -0.0131. The number of carbonyl (C=O) groups excluding carboxylic acids is 1. The fourth-order valence-electron chi connectivity index (χ4n) is 1.52. The maximum absolute atomic E-state index is 12.0. The van der Waals surface area contributed by atoms with Crippen LogP contribution in [0.3, 0.4) is 0 Å². The van der Waals surface area contributed by atoms with Crippen LogP contribution in [0.4, 0.5) is 11.5 Å². The molecule has 0 fully saturated rings. The highest BCUT2D eigenvalue weighted by atomic mass is 79.9. The molecule has 0 saturated heterocycles. The lowest BCUT2D eigenvalue weighted by atomic mass is 10.2. The van der Waals surface area contributed by atoms with E-state index in [1.54, 1.807) is 42.6 Å². The van der Waals surface area contributed by atoms with E-state index in [4.69, 9.17) is 16.9 Å². The van der Waals surface area contributed by atoms with Gasteiger partial charge in [0.2, 0.25) is 0 Å². The number of nitrogens with one attached hydrogen (secondary N) is 2. The zero-order valence-corrected chi connectivity index (χ0v) is 13.5. The Balaban J connectivity index is 2.07. The van der Waals surface area contributed by atoms with Gasteiger partial charge in [-0.05, 0) is 46.3 Å². The van der Waals surface area contributed by atoms with Crippen molar-refractivity contribution in [2.24, 2.45) is 0 Å². The average Bonchev–Trinajstić information content (AvgIpc) is 2.49. The summed E-state index contributed by atoms with van der Waals surface area (Å²) in [7, 11) is 0. The number of benzene rings is 1. The summed E-state index contributed by atoms with van der Waals surface area (Å²) in [5.41, 5.74) is 0.435. The van der Waals surface area contributed by atoms with Crippen molar-refractivity contribution in [3.63, 3.8) is 0 Å². The molecule has 2 N–H and O–H groups in total. The van der Waals surface area contributed by atoms with Crippen molar-refractivity contribution in [2.75, 3.05) is 10.6 Å². The lowest BCUT2D eigenvalue weighted by Crippen LogP contribution is -2.14. The van der Waals surface area contributed by atoms with Gasteiger partial charge in [-0.2, -0.15) is 5.26 Å². The minimum Gasteiger partial charge on any atom is -0.345 e. The van der Waals surface area contributed by atoms with E-state index in [0.29, 0.717) is 16.5 Å². The zero-order valence-electron chi connectivity index (χ0n) is 11.2. The Hall–Kier alpha value is -2.36. The SMILES string of the molecule is N#C/C(=C/Nc1ccc(Br)cn1)C(=O)Nc1cccc(Cl)c1. The number of rotatable bonds is 4. The molecule has 0 unspecified atom stereocenters. The van der Waals surface area contributed by atoms with Crippen molar-refractivity contribution in [2.45, 2.75) is 0 Å². The van der Waals surface area contributed by atoms with Crippen molar-refractivity contribution in [3.05, 3.63) is 63.9 Å². The highest BCUT2D eigenvalue weighted by Crippen LogP contribution is 2.16. The molecule has 22 heavy (non-hydrogen) atoms. The number of anilines is 2. The van der Waals surface area contributed by atoms with E-state index in [1.807, 2.05) is 6.07 Å². The molecule has 0 bridgehead atoms. The fraction of sp³-hybridized carbons (Fsp3) is 0. The van der Waals surface area contributed by atoms with Gasteiger partial charge in [-0.15, -0.1) is 0 Å². The number of nitriles is 1. The molecule has 1 amide bonds. The van der Waals surface area contributed by atoms with E-state index in [1.165, 1.54) is 6.20 Å². The van der Waals surface area contributed by atoms with Crippen LogP contribution in [0.2, 0.25) is 5.02 Å². The van der Waals surface area contributed by atoms with Gasteiger partial charge in [-0.25, -0.2) is 4.98 Å². The Morgan fingerprint density at radius 2 is 2.18 bits per heavy atom. The maximum atomic E-state index is 12.0. The average molecular weight is 378 g/mol. The molecule has 1 heterocycles. The number of carbonyl (C=O) groups is 1. The first kappa shape index (κ1) is 16.0. The van der Waals surface area contributed by atoms with E-state index in [0.717, 1.165) is 4.47 Å². The molecule has 0 atom stereocenters. The Bertz CT molecular complexity index is 753. The Labute approximate surface area is 140 Å². The Kier molecular flexibility index (Phi) is 5.53. The van der Waals surface area contributed by atoms with Gasteiger partial charge in [-0.1, -0.05) is 17.7 Å². The van der Waals surface area contributed by atoms with Gasteiger partial charge in [0.15, 0.2) is 0 Å². The minimum absolute atomic E-state index is 0.0790. The van der Waals surface area contributed by atoms with Crippen LogP contribution >= 0.6 is 27.5 Å². The molecule has 1 aromatic carbocycles. The van der Waals surface area contributed by atoms with Crippen molar-refractivity contribution in [3.8, 4) is 6.07 Å². The summed E-state index contributed by atoms with van der Waals surface area (Å²) >= 11 is 9.11. The Morgan fingerprint density at radius 1 is 1.36 bits per heavy atom. The molecule has 0 radical (unpaired) electrons. The number of nitrogens with zero attached hydrogens (tertiary/aromatic N) is 2. The molecule has 2 aromatic rings. The van der Waals surface area contributed by atoms with Gasteiger partial charge in [0.05, 0.1) is 0 Å². The molecule has 2 rings (SSSR count). The third kappa shape index (κ3) is 4.58. The number of hydrogen-bond acceptors (Lipinski definition) is 4. The second-order valence-corrected chi connectivity index (χ2v) is 5.49. The molecule has 0 aliphatic rings. The number of amides is 1. The third-order valence-electron chi connectivity index (χ3n) is 2.54. The smallest absolute Gasteiger partial charge is 0.267 e. The van der Waals surface area contributed by atoms with Crippen molar-refractivity contribution < 1.29 is 4.79 Å². The zero-order chi connectivity index (χ0) is 15.9. The molecular weight excluding hydrogens is 368 g/mol. The van der Waals surface area contributed by atoms with Crippen LogP contribution in [0, 0.1) is 11.3 Å². The molecular formula is C15H10BrClN4O. The summed E-state index contributed by atoms with van der Waals surface area (Å²) < 4.78 is 0.834. The van der Waals surface area contributed by atoms with Gasteiger partial charge in [-0.3, -0.25) is 4.79 Å². The quantitative estimate of drug-likeness (QED) is 0.624. The van der Waals surface area contributed by atoms with E-state index in [2.05, 4.69) is 31.5 Å². The van der Waals surface area contributed by atoms with Crippen molar-refractivity contribution in [1.82, 2.24) is 4.98 Å². The second kappa shape index (κ2) is 7.59. The highest BCUT2D eigenvalue weighted by molar-refractivity contribution is 9.10. The van der Waals surface area contributed by atoms with Gasteiger partial charge in [0.25, 0.3) is 5.91 Å². The van der Waals surface area contributed by atoms with Crippen LogP contribution in [0.5, 0.6) is 0 Å². The molecule has 7 heteroatoms. The first-order valence-electron chi connectivity index (χ1n) is 6.14. The molecule has 1 aromatic heterocycles. The summed E-state index contributed by atoms with van der Waals surface area (Å²) in [4.78, 5) is 16.1. The van der Waals surface area contributed by atoms with Crippen LogP contribution in [0.25, 0.3) is 0 Å². The van der Waals surface area contributed by atoms with Gasteiger partial charge >= 0.3 is 0 Å². The summed E-state index contributed by atoms with van der Waals surface area (Å²) in [6, 6.07) is 12.0. The molecule has 5 nitrogen and oxygen atoms in total. The first-order valence-corrected chi connectivity index (χ1v) is 7.31. The number of pyridine rings is 1. The fourth-order valence-corrected chi connectivity index (χ4v) is 1.95. The van der Waals surface area contributed by atoms with E-state index >= 15 is 0 Å². The van der Waals surface area contributed by atoms with Gasteiger partial charge < -0.3 is 10.6 Å². The molecule has 0 saturated carbocycles. The predicted molar refractivity (Wildman–Crippen MR) is 89.3 cm³/mol. The van der Waals surface area contributed by atoms with Crippen LogP contribution in [-0.2, 0) is 4.79 Å². The van der Waals surface area contributed by atoms with Gasteiger partial charge in [0.1, 0.15) is 17.5 Å². The van der Waals surface area contributed by atoms with E-state index < -0.39 is 5.91 Å². The minimum atomic E-state index is -0.533. The number of halogens is 2. The maximum Gasteiger partial charge on any atom is 0.267 e. The largest absolute Gasteiger partial charge is 0.345 e. The molecule has 0 aliphatic carbocycles. The summed E-state index contributed by atoms with van der Waals surface area (Å²) in [6.45, 7) is 0. The van der Waals surface area contributed by atoms with Crippen molar-refractivity contribution in [1.29, 1.82) is 5.26 Å². The lowest BCUT2D eigenvalue weighted by Gasteiger charge is -2.05. The van der Waals surface area contributed by atoms with Crippen LogP contribution in [0.1, 0.15) is 0 Å². The molecule has 0 spiro atoms. The van der Waals surface area contributed by atoms with Crippen LogP contribution in [0.15, 0.2) is 58.8 Å². The summed E-state index contributed by atoms with van der Waals surface area (Å²) in [5, 5.41) is 15.0. The predicted octanol–water partition coefficient (Wildman–Crippen LogP) is 3.96. The normalized spacial score (nSPS) is 10.7. The molecule has 0 aliphatic heterocycles. The monoisotopic (exact) mass is 376 g/mol. The van der Waals surface area contributed by atoms with Gasteiger partial charge in [0, 0.05) is 27.6 Å². The number of aromatic nitrogens is 1. The standard InChI is InChI=1S/C15H10BrClN4O/c16-11-4-5-14(20-9-11)19-8-10(7-18)15(22)21-13-3-1-2-12(17)6-13/h1-6,8-9H,(H,19,20)(H,21,22)/b10-8-. The summed E-state index contributed by atoms with van der Waals surface area (Å²) in [6.07, 6.45) is 2.91. The highest BCUT2D eigenvalue weighted by Gasteiger charge is 2.09. The first-order chi connectivity index (χ1) is 10.6. The van der Waals surface area contributed by atoms with Crippen molar-refractivity contribution >= 4 is 44.9 Å². The van der Waals surface area contributed by atoms with E-state index in [9.17, 15) is 4.79 Å². The van der Waals surface area contributed by atoms with Crippen LogP contribution in [-0.4, -0.2) is 10.9 Å². The third-order valence-corrected chi connectivity index (χ3v) is 3.24. The second-order valence-electron chi connectivity index (χ2n) is 4.14. The topological polar surface area (TPSA) is 77.8 Å². The van der Waals surface area contributed by atoms with Crippen LogP contribution < -0.4 is 10.6 Å². The lowest BCUT2D eigenvalue weighted by molar-refractivity contribution is -0.112.